The first-order chi connectivity index (χ1) is 21.9. The number of rotatable bonds is 9. The first-order valence-electron chi connectivity index (χ1n) is 15.7. The molecule has 6 rings (SSSR count). The summed E-state index contributed by atoms with van der Waals surface area (Å²) in [5, 5.41) is 4.03. The highest BCUT2D eigenvalue weighted by Gasteiger charge is 2.59. The Labute approximate surface area is 266 Å². The zero-order chi connectivity index (χ0) is 32.6. The molecule has 2 N–H and O–H groups in total. The van der Waals surface area contributed by atoms with Gasteiger partial charge < -0.3 is 24.8 Å². The summed E-state index contributed by atoms with van der Waals surface area (Å²) in [5.74, 6) is -0.391. The Kier molecular flexibility index (Phi) is 8.58. The lowest BCUT2D eigenvalue weighted by atomic mass is 10.0. The van der Waals surface area contributed by atoms with Crippen LogP contribution in [0.2, 0.25) is 0 Å². The van der Waals surface area contributed by atoms with E-state index in [2.05, 4.69) is 42.0 Å². The van der Waals surface area contributed by atoms with E-state index in [1.165, 1.54) is 22.6 Å². The number of amides is 2. The molecule has 2 fully saturated rings. The number of anilines is 2. The number of hydrogen-bond acceptors (Lipinski definition) is 4. The molecule has 10 heteroatoms. The maximum absolute atomic E-state index is 13.9. The van der Waals surface area contributed by atoms with E-state index in [4.69, 9.17) is 4.74 Å². The molecule has 7 nitrogen and oxygen atoms in total. The average Bonchev–Trinajstić information content (AvgIpc) is 3.37. The number of morpholine rings is 1. The minimum absolute atomic E-state index is 0.0181. The molecule has 3 aromatic carbocycles. The Morgan fingerprint density at radius 2 is 1.67 bits per heavy atom. The predicted octanol–water partition coefficient (Wildman–Crippen LogP) is 7.13. The molecule has 0 bridgehead atoms. The Morgan fingerprint density at radius 1 is 1.00 bits per heavy atom. The van der Waals surface area contributed by atoms with Crippen molar-refractivity contribution in [3.8, 4) is 0 Å². The van der Waals surface area contributed by atoms with Gasteiger partial charge >= 0.3 is 6.18 Å². The van der Waals surface area contributed by atoms with E-state index in [0.29, 0.717) is 24.5 Å². The van der Waals surface area contributed by atoms with Gasteiger partial charge in [-0.05, 0) is 77.8 Å². The Balaban J connectivity index is 1.18. The maximum Gasteiger partial charge on any atom is 0.416 e. The van der Waals surface area contributed by atoms with E-state index in [0.717, 1.165) is 47.5 Å². The molecule has 2 amide bonds. The molecule has 1 saturated heterocycles. The third kappa shape index (κ3) is 6.63. The molecule has 1 aliphatic heterocycles. The third-order valence-corrected chi connectivity index (χ3v) is 9.57. The van der Waals surface area contributed by atoms with Gasteiger partial charge in [0, 0.05) is 54.0 Å². The van der Waals surface area contributed by atoms with Crippen molar-refractivity contribution in [2.24, 2.45) is 11.3 Å². The van der Waals surface area contributed by atoms with Crippen LogP contribution in [-0.2, 0) is 27.0 Å². The van der Waals surface area contributed by atoms with Crippen LogP contribution < -0.4 is 10.2 Å². The van der Waals surface area contributed by atoms with Gasteiger partial charge in [0.25, 0.3) is 0 Å². The third-order valence-electron chi connectivity index (χ3n) is 9.57. The molecular weight excluding hydrogens is 593 g/mol. The fourth-order valence-corrected chi connectivity index (χ4v) is 6.92. The summed E-state index contributed by atoms with van der Waals surface area (Å²) in [5.41, 5.74) is 4.60. The number of para-hydroxylation sites is 1. The molecule has 1 aromatic heterocycles. The molecule has 2 heterocycles. The van der Waals surface area contributed by atoms with Crippen LogP contribution in [-0.4, -0.2) is 54.5 Å². The van der Waals surface area contributed by atoms with Crippen LogP contribution in [0.15, 0.2) is 72.8 Å². The number of carbonyl (C=O) groups is 2. The maximum atomic E-state index is 13.9. The second-order valence-corrected chi connectivity index (χ2v) is 13.0. The van der Waals surface area contributed by atoms with Crippen molar-refractivity contribution in [3.05, 3.63) is 95.2 Å². The van der Waals surface area contributed by atoms with Crippen LogP contribution in [0.5, 0.6) is 0 Å². The van der Waals surface area contributed by atoms with Gasteiger partial charge in [-0.1, -0.05) is 44.2 Å². The molecule has 1 aliphatic carbocycles. The quantitative estimate of drug-likeness (QED) is 0.206. The van der Waals surface area contributed by atoms with Crippen LogP contribution in [0.3, 0.4) is 0 Å². The number of halogens is 3. The van der Waals surface area contributed by atoms with Gasteiger partial charge in [-0.25, -0.2) is 0 Å². The van der Waals surface area contributed by atoms with Gasteiger partial charge in [0.2, 0.25) is 11.8 Å². The van der Waals surface area contributed by atoms with Gasteiger partial charge in [0.15, 0.2) is 0 Å². The highest BCUT2D eigenvalue weighted by atomic mass is 19.4. The molecule has 2 unspecified atom stereocenters. The van der Waals surface area contributed by atoms with Crippen molar-refractivity contribution in [1.82, 2.24) is 9.88 Å². The van der Waals surface area contributed by atoms with Gasteiger partial charge in [0.1, 0.15) is 6.54 Å². The van der Waals surface area contributed by atoms with Gasteiger partial charge in [-0.15, -0.1) is 0 Å². The zero-order valence-corrected chi connectivity index (χ0v) is 26.3. The number of aromatic nitrogens is 1. The van der Waals surface area contributed by atoms with Crippen LogP contribution in [0.4, 0.5) is 24.5 Å². The number of carbonyl (C=O) groups excluding carboxylic acids is 2. The number of benzene rings is 3. The van der Waals surface area contributed by atoms with Gasteiger partial charge in [0.05, 0.1) is 18.8 Å². The topological polar surface area (TPSA) is 77.7 Å². The Morgan fingerprint density at radius 3 is 2.35 bits per heavy atom. The van der Waals surface area contributed by atoms with E-state index in [9.17, 15) is 22.8 Å². The van der Waals surface area contributed by atoms with Crippen LogP contribution in [0.25, 0.3) is 10.9 Å². The second kappa shape index (κ2) is 12.5. The van der Waals surface area contributed by atoms with Crippen molar-refractivity contribution < 1.29 is 27.5 Å². The minimum Gasteiger partial charge on any atom is -0.378 e. The standard InChI is InChI=1S/C36H39F3N4O3/c1-23-33(28-6-4-5-7-30(28)40-23)34-29(35(34,2)3)20-32(45)43(21-24-8-10-25(11-9-24)36(37,38)39)22-31(44)41-26-12-14-27(15-13-26)42-16-18-46-19-17-42/h4-15,29,34,40H,16-22H2,1-3H3,(H,41,44). The molecule has 242 valence electrons. The molecule has 1 saturated carbocycles. The van der Waals surface area contributed by atoms with Crippen molar-refractivity contribution in [1.29, 1.82) is 0 Å². The largest absolute Gasteiger partial charge is 0.416 e. The van der Waals surface area contributed by atoms with E-state index in [-0.39, 0.29) is 48.6 Å². The zero-order valence-electron chi connectivity index (χ0n) is 26.3. The van der Waals surface area contributed by atoms with Gasteiger partial charge in [-0.2, -0.15) is 13.2 Å². The summed E-state index contributed by atoms with van der Waals surface area (Å²) in [6.07, 6.45) is -4.24. The van der Waals surface area contributed by atoms with Crippen molar-refractivity contribution >= 4 is 34.1 Å². The number of aromatic amines is 1. The van der Waals surface area contributed by atoms with E-state index >= 15 is 0 Å². The summed E-state index contributed by atoms with van der Waals surface area (Å²) >= 11 is 0. The van der Waals surface area contributed by atoms with Crippen LogP contribution in [0, 0.1) is 18.3 Å². The lowest BCUT2D eigenvalue weighted by molar-refractivity contribution is -0.137. The summed E-state index contributed by atoms with van der Waals surface area (Å²) in [4.78, 5) is 34.3. The number of alkyl halides is 3. The summed E-state index contributed by atoms with van der Waals surface area (Å²) < 4.78 is 45.0. The predicted molar refractivity (Wildman–Crippen MR) is 173 cm³/mol. The fourth-order valence-electron chi connectivity index (χ4n) is 6.92. The number of fused-ring (bicyclic) bond motifs is 1. The van der Waals surface area contributed by atoms with Crippen LogP contribution in [0.1, 0.15) is 48.6 Å². The summed E-state index contributed by atoms with van der Waals surface area (Å²) in [6, 6.07) is 20.4. The summed E-state index contributed by atoms with van der Waals surface area (Å²) in [6.45, 7) is 9.09. The lowest BCUT2D eigenvalue weighted by Crippen LogP contribution is -2.38. The van der Waals surface area contributed by atoms with E-state index < -0.39 is 11.7 Å². The Bertz CT molecular complexity index is 1710. The van der Waals surface area contributed by atoms with Crippen LogP contribution >= 0.6 is 0 Å². The highest BCUT2D eigenvalue weighted by molar-refractivity contribution is 5.95. The molecule has 2 aliphatic rings. The van der Waals surface area contributed by atoms with Crippen molar-refractivity contribution in [3.63, 3.8) is 0 Å². The Hall–Kier alpha value is -4.31. The minimum atomic E-state index is -4.46. The number of aryl methyl sites for hydroxylation is 1. The molecule has 0 radical (unpaired) electrons. The molecule has 46 heavy (non-hydrogen) atoms. The van der Waals surface area contributed by atoms with Crippen molar-refractivity contribution in [2.45, 2.75) is 45.8 Å². The SMILES string of the molecule is Cc1[nH]c2ccccc2c1C1C(CC(=O)N(CC(=O)Nc2ccc(N3CCOCC3)cc2)Cc2ccc(C(F)(F)F)cc2)C1(C)C. The molecule has 0 spiro atoms. The number of ether oxygens (including phenoxy) is 1. The fraction of sp³-hybridized carbons (Fsp3) is 0.389. The monoisotopic (exact) mass is 632 g/mol. The number of hydrogen-bond donors (Lipinski definition) is 2. The smallest absolute Gasteiger partial charge is 0.378 e. The summed E-state index contributed by atoms with van der Waals surface area (Å²) in [7, 11) is 0. The van der Waals surface area contributed by atoms with Crippen molar-refractivity contribution in [2.75, 3.05) is 43.1 Å². The first-order valence-corrected chi connectivity index (χ1v) is 15.7. The second-order valence-electron chi connectivity index (χ2n) is 13.0. The lowest BCUT2D eigenvalue weighted by Gasteiger charge is -2.29. The number of nitrogens with one attached hydrogen (secondary N) is 2. The average molecular weight is 633 g/mol. The van der Waals surface area contributed by atoms with Gasteiger partial charge in [-0.3, -0.25) is 9.59 Å². The first kappa shape index (κ1) is 31.7. The van der Waals surface area contributed by atoms with E-state index in [1.807, 2.05) is 42.5 Å². The molecule has 2 atom stereocenters. The normalized spacial score (nSPS) is 19.2. The van der Waals surface area contributed by atoms with E-state index in [1.54, 1.807) is 0 Å². The molecular formula is C36H39F3N4O3. The highest BCUT2D eigenvalue weighted by Crippen LogP contribution is 2.67. The molecule has 4 aromatic rings. The number of H-pyrrole nitrogens is 1. The number of nitrogens with zero attached hydrogens (tertiary/aromatic N) is 2.